The van der Waals surface area contributed by atoms with Gasteiger partial charge in [0.25, 0.3) is 0 Å². The van der Waals surface area contributed by atoms with Crippen molar-refractivity contribution in [1.82, 2.24) is 5.48 Å². The molecule has 4 nitrogen and oxygen atoms in total. The summed E-state index contributed by atoms with van der Waals surface area (Å²) in [4.78, 5) is 0.310. The Balaban J connectivity index is 3.22. The van der Waals surface area contributed by atoms with Gasteiger partial charge in [0.15, 0.2) is 9.84 Å². The van der Waals surface area contributed by atoms with E-state index in [9.17, 15) is 8.42 Å². The molecule has 14 heavy (non-hydrogen) atoms. The Morgan fingerprint density at radius 3 is 2.57 bits per heavy atom. The number of sulfone groups is 1. The fourth-order valence-electron chi connectivity index (χ4n) is 1.25. The number of rotatable bonds is 3. The molecule has 0 aliphatic heterocycles. The summed E-state index contributed by atoms with van der Waals surface area (Å²) in [6.45, 7) is 1.98. The maximum atomic E-state index is 11.3. The zero-order valence-electron chi connectivity index (χ0n) is 8.11. The smallest absolute Gasteiger partial charge is 0.175 e. The van der Waals surface area contributed by atoms with E-state index in [1.54, 1.807) is 25.1 Å². The Morgan fingerprint density at radius 1 is 1.43 bits per heavy atom. The molecule has 0 atom stereocenters. The lowest BCUT2D eigenvalue weighted by molar-refractivity contribution is 0.161. The lowest BCUT2D eigenvalue weighted by Crippen LogP contribution is -2.08. The van der Waals surface area contributed by atoms with Gasteiger partial charge in [-0.15, -0.1) is 0 Å². The largest absolute Gasteiger partial charge is 0.316 e. The van der Waals surface area contributed by atoms with Gasteiger partial charge in [0.05, 0.1) is 4.90 Å². The number of aryl methyl sites for hydroxylation is 1. The van der Waals surface area contributed by atoms with Crippen LogP contribution in [-0.2, 0) is 16.4 Å². The van der Waals surface area contributed by atoms with Gasteiger partial charge in [-0.3, -0.25) is 0 Å². The molecule has 0 amide bonds. The topological polar surface area (TPSA) is 66.4 Å². The van der Waals surface area contributed by atoms with Crippen molar-refractivity contribution in [2.75, 3.05) is 6.26 Å². The van der Waals surface area contributed by atoms with E-state index in [0.717, 1.165) is 5.56 Å². The highest BCUT2D eigenvalue weighted by atomic mass is 32.2. The van der Waals surface area contributed by atoms with Gasteiger partial charge >= 0.3 is 0 Å². The molecule has 0 radical (unpaired) electrons. The van der Waals surface area contributed by atoms with E-state index in [0.29, 0.717) is 10.5 Å². The Bertz CT molecular complexity index is 426. The van der Waals surface area contributed by atoms with Crippen molar-refractivity contribution in [2.45, 2.75) is 18.4 Å². The Morgan fingerprint density at radius 2 is 2.07 bits per heavy atom. The minimum absolute atomic E-state index is 0.239. The van der Waals surface area contributed by atoms with E-state index in [-0.39, 0.29) is 6.54 Å². The van der Waals surface area contributed by atoms with Crippen LogP contribution in [0.5, 0.6) is 0 Å². The molecule has 0 fully saturated rings. The standard InChI is InChI=1S/C9H13NO3S/c1-7-3-4-8(6-10-11)5-9(7)14(2,12)13/h3-5,10-11H,6H2,1-2H3. The summed E-state index contributed by atoms with van der Waals surface area (Å²) in [6, 6.07) is 5.06. The summed E-state index contributed by atoms with van der Waals surface area (Å²) in [5, 5.41) is 8.48. The summed E-state index contributed by atoms with van der Waals surface area (Å²) >= 11 is 0. The highest BCUT2D eigenvalue weighted by molar-refractivity contribution is 7.90. The second-order valence-corrected chi connectivity index (χ2v) is 5.19. The monoisotopic (exact) mass is 215 g/mol. The van der Waals surface area contributed by atoms with Gasteiger partial charge in [0.2, 0.25) is 0 Å². The first kappa shape index (κ1) is 11.2. The first-order valence-corrected chi connectivity index (χ1v) is 6.01. The SMILES string of the molecule is Cc1ccc(CNO)cc1S(C)(=O)=O. The fourth-order valence-corrected chi connectivity index (χ4v) is 2.26. The maximum Gasteiger partial charge on any atom is 0.175 e. The second-order valence-electron chi connectivity index (χ2n) is 3.21. The lowest BCUT2D eigenvalue weighted by atomic mass is 10.1. The zero-order chi connectivity index (χ0) is 10.8. The van der Waals surface area contributed by atoms with Crippen molar-refractivity contribution >= 4 is 9.84 Å². The first-order chi connectivity index (χ1) is 6.45. The van der Waals surface area contributed by atoms with Gasteiger partial charge in [-0.2, -0.15) is 0 Å². The molecule has 0 saturated carbocycles. The summed E-state index contributed by atoms with van der Waals surface area (Å²) in [5.41, 5.74) is 3.44. The molecule has 0 heterocycles. The molecule has 2 N–H and O–H groups in total. The van der Waals surface area contributed by atoms with Crippen molar-refractivity contribution in [2.24, 2.45) is 0 Å². The quantitative estimate of drug-likeness (QED) is 0.734. The van der Waals surface area contributed by atoms with Crippen LogP contribution >= 0.6 is 0 Å². The van der Waals surface area contributed by atoms with E-state index in [1.165, 1.54) is 6.26 Å². The molecule has 1 aromatic rings. The van der Waals surface area contributed by atoms with Crippen LogP contribution in [0.25, 0.3) is 0 Å². The number of hydroxylamine groups is 1. The number of benzene rings is 1. The third-order valence-corrected chi connectivity index (χ3v) is 3.17. The van der Waals surface area contributed by atoms with Gasteiger partial charge in [-0.1, -0.05) is 12.1 Å². The van der Waals surface area contributed by atoms with Crippen molar-refractivity contribution in [3.8, 4) is 0 Å². The van der Waals surface area contributed by atoms with E-state index in [2.05, 4.69) is 0 Å². The average molecular weight is 215 g/mol. The van der Waals surface area contributed by atoms with E-state index in [1.807, 2.05) is 5.48 Å². The van der Waals surface area contributed by atoms with Gasteiger partial charge < -0.3 is 5.21 Å². The summed E-state index contributed by atoms with van der Waals surface area (Å²) in [5.74, 6) is 0. The Labute approximate surface area is 83.4 Å². The molecule has 78 valence electrons. The number of hydrogen-bond acceptors (Lipinski definition) is 4. The van der Waals surface area contributed by atoms with E-state index in [4.69, 9.17) is 5.21 Å². The predicted molar refractivity (Wildman–Crippen MR) is 52.9 cm³/mol. The average Bonchev–Trinajstić information content (AvgIpc) is 2.07. The van der Waals surface area contributed by atoms with Gasteiger partial charge in [0, 0.05) is 12.8 Å². The molecule has 0 aliphatic rings. The minimum atomic E-state index is -3.18. The zero-order valence-corrected chi connectivity index (χ0v) is 8.93. The maximum absolute atomic E-state index is 11.3. The van der Waals surface area contributed by atoms with E-state index < -0.39 is 9.84 Å². The second kappa shape index (κ2) is 4.08. The molecule has 0 aromatic heterocycles. The third kappa shape index (κ3) is 2.54. The van der Waals surface area contributed by atoms with Crippen LogP contribution in [0.15, 0.2) is 23.1 Å². The Kier molecular flexibility index (Phi) is 3.25. The van der Waals surface area contributed by atoms with Crippen molar-refractivity contribution < 1.29 is 13.6 Å². The lowest BCUT2D eigenvalue weighted by Gasteiger charge is -2.06. The summed E-state index contributed by atoms with van der Waals surface area (Å²) in [7, 11) is -3.18. The molecular weight excluding hydrogens is 202 g/mol. The summed E-state index contributed by atoms with van der Waals surface area (Å²) in [6.07, 6.45) is 1.17. The highest BCUT2D eigenvalue weighted by Gasteiger charge is 2.10. The minimum Gasteiger partial charge on any atom is -0.316 e. The predicted octanol–water partition coefficient (Wildman–Crippen LogP) is 0.877. The van der Waals surface area contributed by atoms with E-state index >= 15 is 0 Å². The van der Waals surface area contributed by atoms with Crippen molar-refractivity contribution in [3.05, 3.63) is 29.3 Å². The molecular formula is C9H13NO3S. The first-order valence-electron chi connectivity index (χ1n) is 4.11. The molecule has 1 rings (SSSR count). The van der Waals surface area contributed by atoms with Crippen LogP contribution < -0.4 is 5.48 Å². The normalized spacial score (nSPS) is 11.6. The molecule has 1 aromatic carbocycles. The van der Waals surface area contributed by atoms with Crippen LogP contribution in [-0.4, -0.2) is 19.9 Å². The fraction of sp³-hybridized carbons (Fsp3) is 0.333. The highest BCUT2D eigenvalue weighted by Crippen LogP contribution is 2.16. The van der Waals surface area contributed by atoms with Gasteiger partial charge in [0.1, 0.15) is 0 Å². The third-order valence-electron chi connectivity index (χ3n) is 1.94. The molecule has 0 aliphatic carbocycles. The van der Waals surface area contributed by atoms with Crippen LogP contribution in [0.4, 0.5) is 0 Å². The Hall–Kier alpha value is -0.910. The van der Waals surface area contributed by atoms with Gasteiger partial charge in [-0.25, -0.2) is 13.9 Å². The number of hydrogen-bond donors (Lipinski definition) is 2. The van der Waals surface area contributed by atoms with Gasteiger partial charge in [-0.05, 0) is 24.1 Å². The molecule has 0 bridgehead atoms. The molecule has 0 saturated heterocycles. The summed E-state index contributed by atoms with van der Waals surface area (Å²) < 4.78 is 22.7. The molecule has 5 heteroatoms. The number of nitrogens with one attached hydrogen (secondary N) is 1. The molecule has 0 spiro atoms. The van der Waals surface area contributed by atoms with Crippen LogP contribution in [0.2, 0.25) is 0 Å². The van der Waals surface area contributed by atoms with Crippen LogP contribution in [0.1, 0.15) is 11.1 Å². The van der Waals surface area contributed by atoms with Crippen LogP contribution in [0, 0.1) is 6.92 Å². The van der Waals surface area contributed by atoms with Crippen LogP contribution in [0.3, 0.4) is 0 Å². The van der Waals surface area contributed by atoms with Crippen molar-refractivity contribution in [3.63, 3.8) is 0 Å². The molecule has 0 unspecified atom stereocenters. The van der Waals surface area contributed by atoms with Crippen molar-refractivity contribution in [1.29, 1.82) is 0 Å².